The Bertz CT molecular complexity index is 958. The van der Waals surface area contributed by atoms with Crippen LogP contribution in [0.15, 0.2) is 54.6 Å². The van der Waals surface area contributed by atoms with E-state index < -0.39 is 30.4 Å². The summed E-state index contributed by atoms with van der Waals surface area (Å²) in [5.74, 6) is -2.29. The van der Waals surface area contributed by atoms with Crippen LogP contribution in [0.25, 0.3) is 0 Å². The van der Waals surface area contributed by atoms with Crippen molar-refractivity contribution in [2.24, 2.45) is 5.92 Å². The van der Waals surface area contributed by atoms with Gasteiger partial charge in [0.2, 0.25) is 5.91 Å². The van der Waals surface area contributed by atoms with Gasteiger partial charge in [0, 0.05) is 18.7 Å². The fourth-order valence-corrected chi connectivity index (χ4v) is 3.43. The number of methoxy groups -OCH3 is 1. The number of likely N-dealkylation sites (tertiary alicyclic amines) is 1. The lowest BCUT2D eigenvalue weighted by atomic mass is 10.1. The van der Waals surface area contributed by atoms with Crippen LogP contribution in [0.4, 0.5) is 5.69 Å². The number of hydrogen-bond donors (Lipinski definition) is 1. The quantitative estimate of drug-likeness (QED) is 0.686. The summed E-state index contributed by atoms with van der Waals surface area (Å²) in [4.78, 5) is 49.9. The monoisotopic (exact) mass is 424 g/mol. The van der Waals surface area contributed by atoms with Gasteiger partial charge in [-0.15, -0.1) is 0 Å². The molecule has 0 bridgehead atoms. The SMILES string of the molecule is COC(=O)c1ccc(NC(=O)COC(=O)[C@H]2CC(=O)N([C@H](C)c3ccccc3)C2)cc1. The lowest BCUT2D eigenvalue weighted by Gasteiger charge is -2.25. The molecule has 31 heavy (non-hydrogen) atoms. The molecule has 1 saturated heterocycles. The molecule has 1 fully saturated rings. The zero-order chi connectivity index (χ0) is 22.4. The van der Waals surface area contributed by atoms with Gasteiger partial charge in [0.25, 0.3) is 5.91 Å². The molecule has 162 valence electrons. The normalized spacial score (nSPS) is 16.5. The summed E-state index contributed by atoms with van der Waals surface area (Å²) in [6.45, 7) is 1.71. The van der Waals surface area contributed by atoms with Gasteiger partial charge in [0.15, 0.2) is 6.61 Å². The van der Waals surface area contributed by atoms with Crippen LogP contribution in [0.2, 0.25) is 0 Å². The summed E-state index contributed by atoms with van der Waals surface area (Å²) < 4.78 is 9.73. The van der Waals surface area contributed by atoms with Crippen LogP contribution in [-0.4, -0.2) is 48.9 Å². The Balaban J connectivity index is 1.48. The van der Waals surface area contributed by atoms with Crippen LogP contribution < -0.4 is 5.32 Å². The van der Waals surface area contributed by atoms with E-state index in [1.54, 1.807) is 17.0 Å². The number of esters is 2. The largest absolute Gasteiger partial charge is 0.465 e. The number of hydrogen-bond acceptors (Lipinski definition) is 6. The topological polar surface area (TPSA) is 102 Å². The molecule has 1 aliphatic rings. The Labute approximate surface area is 180 Å². The summed E-state index contributed by atoms with van der Waals surface area (Å²) in [7, 11) is 1.28. The fraction of sp³-hybridized carbons (Fsp3) is 0.304. The molecular formula is C23H24N2O6. The lowest BCUT2D eigenvalue weighted by molar-refractivity contribution is -0.151. The molecule has 0 unspecified atom stereocenters. The standard InChI is InChI=1S/C23H24N2O6/c1-15(16-6-4-3-5-7-16)25-13-18(12-21(25)27)23(29)31-14-20(26)24-19-10-8-17(9-11-19)22(28)30-2/h3-11,15,18H,12-14H2,1-2H3,(H,24,26)/t15-,18+/m1/s1. The number of amides is 2. The van der Waals surface area contributed by atoms with Crippen molar-refractivity contribution >= 4 is 29.4 Å². The molecule has 0 aliphatic carbocycles. The first-order valence-corrected chi connectivity index (χ1v) is 9.88. The number of carbonyl (C=O) groups excluding carboxylic acids is 4. The van der Waals surface area contributed by atoms with Crippen molar-refractivity contribution in [2.45, 2.75) is 19.4 Å². The van der Waals surface area contributed by atoms with Crippen molar-refractivity contribution < 1.29 is 28.7 Å². The van der Waals surface area contributed by atoms with E-state index in [-0.39, 0.29) is 24.9 Å². The van der Waals surface area contributed by atoms with Crippen LogP contribution in [0.5, 0.6) is 0 Å². The maximum Gasteiger partial charge on any atom is 0.337 e. The number of carbonyl (C=O) groups is 4. The molecule has 3 rings (SSSR count). The number of anilines is 1. The van der Waals surface area contributed by atoms with Gasteiger partial charge >= 0.3 is 11.9 Å². The van der Waals surface area contributed by atoms with Gasteiger partial charge in [-0.25, -0.2) is 4.79 Å². The van der Waals surface area contributed by atoms with E-state index in [9.17, 15) is 19.2 Å². The summed E-state index contributed by atoms with van der Waals surface area (Å²) in [5, 5.41) is 2.58. The highest BCUT2D eigenvalue weighted by Gasteiger charge is 2.38. The number of benzene rings is 2. The van der Waals surface area contributed by atoms with Gasteiger partial charge in [-0.1, -0.05) is 30.3 Å². The summed E-state index contributed by atoms with van der Waals surface area (Å²) >= 11 is 0. The number of nitrogens with one attached hydrogen (secondary N) is 1. The predicted molar refractivity (Wildman–Crippen MR) is 112 cm³/mol. The maximum absolute atomic E-state index is 12.4. The molecule has 2 atom stereocenters. The molecule has 8 nitrogen and oxygen atoms in total. The molecule has 0 radical (unpaired) electrons. The first kappa shape index (κ1) is 22.0. The van der Waals surface area contributed by atoms with Crippen LogP contribution in [0.3, 0.4) is 0 Å². The fourth-order valence-electron chi connectivity index (χ4n) is 3.43. The molecule has 0 spiro atoms. The van der Waals surface area contributed by atoms with Crippen molar-refractivity contribution in [3.63, 3.8) is 0 Å². The number of nitrogens with zero attached hydrogens (tertiary/aromatic N) is 1. The Morgan fingerprint density at radius 3 is 2.42 bits per heavy atom. The molecular weight excluding hydrogens is 400 g/mol. The van der Waals surface area contributed by atoms with Crippen molar-refractivity contribution in [2.75, 3.05) is 25.6 Å². The Kier molecular flexibility index (Phi) is 7.02. The van der Waals surface area contributed by atoms with Crippen molar-refractivity contribution in [1.82, 2.24) is 4.90 Å². The van der Waals surface area contributed by atoms with E-state index in [2.05, 4.69) is 10.1 Å². The van der Waals surface area contributed by atoms with E-state index in [0.717, 1.165) is 5.56 Å². The highest BCUT2D eigenvalue weighted by atomic mass is 16.5. The van der Waals surface area contributed by atoms with E-state index in [1.165, 1.54) is 19.2 Å². The Morgan fingerprint density at radius 1 is 1.10 bits per heavy atom. The zero-order valence-corrected chi connectivity index (χ0v) is 17.4. The van der Waals surface area contributed by atoms with Gasteiger partial charge < -0.3 is 19.7 Å². The Hall–Kier alpha value is -3.68. The third-order valence-electron chi connectivity index (χ3n) is 5.18. The smallest absolute Gasteiger partial charge is 0.337 e. The zero-order valence-electron chi connectivity index (χ0n) is 17.4. The molecule has 0 aromatic heterocycles. The second-order valence-electron chi connectivity index (χ2n) is 7.26. The van der Waals surface area contributed by atoms with Gasteiger partial charge in [0.1, 0.15) is 0 Å². The van der Waals surface area contributed by atoms with Crippen molar-refractivity contribution in [3.8, 4) is 0 Å². The van der Waals surface area contributed by atoms with Crippen LogP contribution in [0.1, 0.15) is 35.3 Å². The third kappa shape index (κ3) is 5.48. The Morgan fingerprint density at radius 2 is 1.77 bits per heavy atom. The van der Waals surface area contributed by atoms with Crippen LogP contribution >= 0.6 is 0 Å². The van der Waals surface area contributed by atoms with Crippen molar-refractivity contribution in [3.05, 3.63) is 65.7 Å². The lowest BCUT2D eigenvalue weighted by Crippen LogP contribution is -2.30. The highest BCUT2D eigenvalue weighted by molar-refractivity contribution is 5.95. The molecule has 2 aromatic carbocycles. The molecule has 0 saturated carbocycles. The molecule has 1 aliphatic heterocycles. The van der Waals surface area contributed by atoms with E-state index in [1.807, 2.05) is 37.3 Å². The van der Waals surface area contributed by atoms with Gasteiger partial charge in [-0.05, 0) is 36.8 Å². The first-order chi connectivity index (χ1) is 14.9. The highest BCUT2D eigenvalue weighted by Crippen LogP contribution is 2.29. The van der Waals surface area contributed by atoms with E-state index >= 15 is 0 Å². The summed E-state index contributed by atoms with van der Waals surface area (Å²) in [5.41, 5.74) is 1.79. The first-order valence-electron chi connectivity index (χ1n) is 9.88. The summed E-state index contributed by atoms with van der Waals surface area (Å²) in [6, 6.07) is 15.6. The second kappa shape index (κ2) is 9.88. The minimum Gasteiger partial charge on any atom is -0.465 e. The molecule has 1 N–H and O–H groups in total. The number of rotatable bonds is 7. The molecule has 1 heterocycles. The third-order valence-corrected chi connectivity index (χ3v) is 5.18. The average molecular weight is 424 g/mol. The average Bonchev–Trinajstić information content (AvgIpc) is 3.19. The van der Waals surface area contributed by atoms with Gasteiger partial charge in [0.05, 0.1) is 24.6 Å². The molecule has 2 amide bonds. The van der Waals surface area contributed by atoms with Crippen LogP contribution in [-0.2, 0) is 23.9 Å². The van der Waals surface area contributed by atoms with E-state index in [4.69, 9.17) is 4.74 Å². The minimum absolute atomic E-state index is 0.0621. The summed E-state index contributed by atoms with van der Waals surface area (Å²) in [6.07, 6.45) is 0.0621. The second-order valence-corrected chi connectivity index (χ2v) is 7.26. The van der Waals surface area contributed by atoms with Gasteiger partial charge in [-0.2, -0.15) is 0 Å². The predicted octanol–water partition coefficient (Wildman–Crippen LogP) is 2.56. The maximum atomic E-state index is 12.4. The van der Waals surface area contributed by atoms with Crippen LogP contribution in [0, 0.1) is 5.92 Å². The van der Waals surface area contributed by atoms with E-state index in [0.29, 0.717) is 11.3 Å². The minimum atomic E-state index is -0.606. The van der Waals surface area contributed by atoms with Crippen molar-refractivity contribution in [1.29, 1.82) is 0 Å². The van der Waals surface area contributed by atoms with Gasteiger partial charge in [-0.3, -0.25) is 14.4 Å². The number of ether oxygens (including phenoxy) is 2. The molecule has 8 heteroatoms. The molecule has 2 aromatic rings.